The number of methoxy groups -OCH3 is 1. The quantitative estimate of drug-likeness (QED) is 0.540. The van der Waals surface area contributed by atoms with Crippen molar-refractivity contribution in [2.75, 3.05) is 33.5 Å². The van der Waals surface area contributed by atoms with E-state index in [1.807, 2.05) is 0 Å². The lowest BCUT2D eigenvalue weighted by Gasteiger charge is -2.12. The smallest absolute Gasteiger partial charge is 0.162 e. The van der Waals surface area contributed by atoms with Gasteiger partial charge in [0.05, 0.1) is 13.2 Å². The minimum absolute atomic E-state index is 0.0944. The van der Waals surface area contributed by atoms with Crippen LogP contribution in [0, 0.1) is 0 Å². The molecule has 0 saturated carbocycles. The van der Waals surface area contributed by atoms with Gasteiger partial charge < -0.3 is 19.3 Å². The number of benzene rings is 1. The third-order valence-electron chi connectivity index (χ3n) is 2.00. The maximum Gasteiger partial charge on any atom is 0.162 e. The number of hydrogen-bond acceptors (Lipinski definition) is 5. The maximum atomic E-state index is 10.6. The minimum Gasteiger partial charge on any atom is -0.487 e. The first-order valence-electron chi connectivity index (χ1n) is 5.26. The fourth-order valence-corrected chi connectivity index (χ4v) is 1.22. The molecule has 0 saturated heterocycles. The predicted molar refractivity (Wildman–Crippen MR) is 61.8 cm³/mol. The van der Waals surface area contributed by atoms with Gasteiger partial charge in [-0.3, -0.25) is 4.79 Å². The zero-order chi connectivity index (χ0) is 12.5. The van der Waals surface area contributed by atoms with Crippen LogP contribution in [-0.4, -0.2) is 44.9 Å². The second-order valence-corrected chi connectivity index (χ2v) is 3.24. The maximum absolute atomic E-state index is 10.6. The summed E-state index contributed by atoms with van der Waals surface area (Å²) in [4.78, 5) is 10.6. The minimum atomic E-state index is -0.0944. The van der Waals surface area contributed by atoms with Gasteiger partial charge in [-0.25, -0.2) is 0 Å². The number of aliphatic hydroxyl groups is 1. The standard InChI is InChI=1S/C12H16O5/c1-15-6-7-17-11-3-2-10(9-14)8-12(11)16-5-4-13/h2-3,8-9,13H,4-7H2,1H3. The van der Waals surface area contributed by atoms with Gasteiger partial charge in [0.1, 0.15) is 19.5 Å². The molecule has 1 aromatic carbocycles. The monoisotopic (exact) mass is 240 g/mol. The molecular weight excluding hydrogens is 224 g/mol. The number of carbonyl (C=O) groups is 1. The van der Waals surface area contributed by atoms with Crippen LogP contribution in [0.5, 0.6) is 11.5 Å². The summed E-state index contributed by atoms with van der Waals surface area (Å²) in [6, 6.07) is 4.87. The molecule has 5 nitrogen and oxygen atoms in total. The molecule has 0 fully saturated rings. The van der Waals surface area contributed by atoms with E-state index >= 15 is 0 Å². The first-order chi connectivity index (χ1) is 8.31. The van der Waals surface area contributed by atoms with Crippen LogP contribution in [-0.2, 0) is 4.74 Å². The van der Waals surface area contributed by atoms with E-state index in [1.54, 1.807) is 25.3 Å². The fourth-order valence-electron chi connectivity index (χ4n) is 1.22. The average Bonchev–Trinajstić information content (AvgIpc) is 2.37. The number of rotatable bonds is 8. The molecule has 5 heteroatoms. The molecule has 0 heterocycles. The fraction of sp³-hybridized carbons (Fsp3) is 0.417. The summed E-state index contributed by atoms with van der Waals surface area (Å²) in [7, 11) is 1.59. The Hall–Kier alpha value is -1.59. The van der Waals surface area contributed by atoms with Crippen molar-refractivity contribution in [3.05, 3.63) is 23.8 Å². The molecule has 0 aromatic heterocycles. The highest BCUT2D eigenvalue weighted by molar-refractivity contribution is 5.76. The molecular formula is C12H16O5. The summed E-state index contributed by atoms with van der Waals surface area (Å²) in [6.07, 6.45) is 0.727. The van der Waals surface area contributed by atoms with Crippen LogP contribution in [0.1, 0.15) is 10.4 Å². The van der Waals surface area contributed by atoms with Gasteiger partial charge in [-0.2, -0.15) is 0 Å². The Labute approximate surface area is 99.9 Å². The normalized spacial score (nSPS) is 10.0. The van der Waals surface area contributed by atoms with Crippen LogP contribution in [0.3, 0.4) is 0 Å². The Morgan fingerprint density at radius 2 is 1.94 bits per heavy atom. The van der Waals surface area contributed by atoms with Crippen molar-refractivity contribution in [3.8, 4) is 11.5 Å². The summed E-state index contributed by atoms with van der Waals surface area (Å²) in [6.45, 7) is 0.924. The first kappa shape index (κ1) is 13.5. The number of carbonyl (C=O) groups excluding carboxylic acids is 1. The molecule has 0 atom stereocenters. The lowest BCUT2D eigenvalue weighted by molar-refractivity contribution is 0.112. The van der Waals surface area contributed by atoms with Crippen LogP contribution < -0.4 is 9.47 Å². The largest absolute Gasteiger partial charge is 0.487 e. The molecule has 0 aliphatic carbocycles. The van der Waals surface area contributed by atoms with Gasteiger partial charge in [0.2, 0.25) is 0 Å². The Bertz CT molecular complexity index is 351. The van der Waals surface area contributed by atoms with E-state index in [0.717, 1.165) is 6.29 Å². The zero-order valence-corrected chi connectivity index (χ0v) is 9.72. The lowest BCUT2D eigenvalue weighted by atomic mass is 10.2. The third-order valence-corrected chi connectivity index (χ3v) is 2.00. The lowest BCUT2D eigenvalue weighted by Crippen LogP contribution is -2.08. The van der Waals surface area contributed by atoms with Crippen LogP contribution in [0.15, 0.2) is 18.2 Å². The second kappa shape index (κ2) is 7.65. The average molecular weight is 240 g/mol. The van der Waals surface area contributed by atoms with Gasteiger partial charge in [0.25, 0.3) is 0 Å². The summed E-state index contributed by atoms with van der Waals surface area (Å²) in [5, 5.41) is 8.70. The van der Waals surface area contributed by atoms with Crippen LogP contribution in [0.25, 0.3) is 0 Å². The Morgan fingerprint density at radius 1 is 1.18 bits per heavy atom. The molecule has 0 radical (unpaired) electrons. The van der Waals surface area contributed by atoms with Crippen molar-refractivity contribution in [1.82, 2.24) is 0 Å². The topological polar surface area (TPSA) is 65.0 Å². The van der Waals surface area contributed by atoms with E-state index in [2.05, 4.69) is 0 Å². The molecule has 17 heavy (non-hydrogen) atoms. The van der Waals surface area contributed by atoms with Crippen LogP contribution in [0.2, 0.25) is 0 Å². The molecule has 1 aromatic rings. The van der Waals surface area contributed by atoms with E-state index in [-0.39, 0.29) is 13.2 Å². The molecule has 0 unspecified atom stereocenters. The van der Waals surface area contributed by atoms with Gasteiger partial charge in [-0.05, 0) is 18.2 Å². The van der Waals surface area contributed by atoms with E-state index in [1.165, 1.54) is 0 Å². The van der Waals surface area contributed by atoms with E-state index in [9.17, 15) is 4.79 Å². The van der Waals surface area contributed by atoms with Crippen molar-refractivity contribution < 1.29 is 24.1 Å². The van der Waals surface area contributed by atoms with E-state index in [4.69, 9.17) is 19.3 Å². The van der Waals surface area contributed by atoms with Crippen molar-refractivity contribution in [1.29, 1.82) is 0 Å². The zero-order valence-electron chi connectivity index (χ0n) is 9.72. The van der Waals surface area contributed by atoms with Gasteiger partial charge in [0.15, 0.2) is 11.5 Å². The molecule has 0 aliphatic rings. The van der Waals surface area contributed by atoms with Crippen molar-refractivity contribution in [2.24, 2.45) is 0 Å². The van der Waals surface area contributed by atoms with Crippen molar-refractivity contribution >= 4 is 6.29 Å². The molecule has 0 aliphatic heterocycles. The van der Waals surface area contributed by atoms with Crippen LogP contribution >= 0.6 is 0 Å². The summed E-state index contributed by atoms with van der Waals surface area (Å²) in [5.74, 6) is 0.973. The van der Waals surface area contributed by atoms with Gasteiger partial charge >= 0.3 is 0 Å². The number of aliphatic hydroxyl groups excluding tert-OH is 1. The molecule has 0 bridgehead atoms. The Kier molecular flexibility index (Phi) is 6.06. The van der Waals surface area contributed by atoms with Crippen molar-refractivity contribution in [3.63, 3.8) is 0 Å². The second-order valence-electron chi connectivity index (χ2n) is 3.24. The van der Waals surface area contributed by atoms with Gasteiger partial charge in [-0.15, -0.1) is 0 Å². The third kappa shape index (κ3) is 4.42. The summed E-state index contributed by atoms with van der Waals surface area (Å²) < 4.78 is 15.6. The van der Waals surface area contributed by atoms with E-state index in [0.29, 0.717) is 30.3 Å². The highest BCUT2D eigenvalue weighted by Crippen LogP contribution is 2.27. The Balaban J connectivity index is 2.74. The van der Waals surface area contributed by atoms with E-state index < -0.39 is 0 Å². The van der Waals surface area contributed by atoms with Crippen molar-refractivity contribution in [2.45, 2.75) is 0 Å². The van der Waals surface area contributed by atoms with Gasteiger partial charge in [0, 0.05) is 12.7 Å². The molecule has 0 spiro atoms. The summed E-state index contributed by atoms with van der Waals surface area (Å²) >= 11 is 0. The summed E-state index contributed by atoms with van der Waals surface area (Å²) in [5.41, 5.74) is 0.497. The molecule has 1 N–H and O–H groups in total. The molecule has 1 rings (SSSR count). The van der Waals surface area contributed by atoms with Crippen LogP contribution in [0.4, 0.5) is 0 Å². The molecule has 94 valence electrons. The molecule has 0 amide bonds. The number of hydrogen-bond donors (Lipinski definition) is 1. The van der Waals surface area contributed by atoms with Gasteiger partial charge in [-0.1, -0.05) is 0 Å². The SMILES string of the molecule is COCCOc1ccc(C=O)cc1OCCO. The number of aldehydes is 1. The highest BCUT2D eigenvalue weighted by Gasteiger charge is 2.06. The highest BCUT2D eigenvalue weighted by atomic mass is 16.5. The Morgan fingerprint density at radius 3 is 2.59 bits per heavy atom. The first-order valence-corrected chi connectivity index (χ1v) is 5.26. The predicted octanol–water partition coefficient (Wildman–Crippen LogP) is 0.895. The number of ether oxygens (including phenoxy) is 3.